The van der Waals surface area contributed by atoms with Gasteiger partial charge in [-0.1, -0.05) is 12.1 Å². The normalized spacial score (nSPS) is 22.8. The van der Waals surface area contributed by atoms with Crippen LogP contribution in [0.25, 0.3) is 11.1 Å². The van der Waals surface area contributed by atoms with Gasteiger partial charge in [0.1, 0.15) is 34.1 Å². The Labute approximate surface area is 257 Å². The maximum atomic E-state index is 14.6. The van der Waals surface area contributed by atoms with E-state index in [2.05, 4.69) is 10.6 Å². The second-order valence-corrected chi connectivity index (χ2v) is 13.4. The molecule has 3 amide bonds. The van der Waals surface area contributed by atoms with E-state index in [9.17, 15) is 36.3 Å². The Balaban J connectivity index is 1.29. The predicted molar refractivity (Wildman–Crippen MR) is 157 cm³/mol. The molecule has 238 valence electrons. The lowest BCUT2D eigenvalue weighted by Gasteiger charge is -2.43. The molecule has 3 aromatic carbocycles. The van der Waals surface area contributed by atoms with E-state index in [1.165, 1.54) is 42.5 Å². The van der Waals surface area contributed by atoms with Crippen molar-refractivity contribution in [2.24, 2.45) is 0 Å². The van der Waals surface area contributed by atoms with Gasteiger partial charge >= 0.3 is 6.03 Å². The highest BCUT2D eigenvalue weighted by Crippen LogP contribution is 2.38. The van der Waals surface area contributed by atoms with Gasteiger partial charge in [0.15, 0.2) is 0 Å². The monoisotopic (exact) mass is 644 g/mol. The number of sulfonamides is 1. The van der Waals surface area contributed by atoms with E-state index in [1.807, 2.05) is 0 Å². The minimum Gasteiger partial charge on any atom is -0.492 e. The first kappa shape index (κ1) is 30.9. The summed E-state index contributed by atoms with van der Waals surface area (Å²) in [4.78, 5) is 27.9. The van der Waals surface area contributed by atoms with E-state index in [-0.39, 0.29) is 60.9 Å². The van der Waals surface area contributed by atoms with Gasteiger partial charge in [0.25, 0.3) is 0 Å². The second-order valence-electron chi connectivity index (χ2n) is 11.6. The quantitative estimate of drug-likeness (QED) is 0.389. The van der Waals surface area contributed by atoms with Crippen LogP contribution in [-0.2, 0) is 14.8 Å². The molecule has 1 spiro atoms. The van der Waals surface area contributed by atoms with Crippen LogP contribution < -0.4 is 15.4 Å². The first-order valence-corrected chi connectivity index (χ1v) is 15.9. The van der Waals surface area contributed by atoms with E-state index in [4.69, 9.17) is 4.74 Å². The number of piperidine rings is 1. The van der Waals surface area contributed by atoms with Crippen molar-refractivity contribution < 1.29 is 41.0 Å². The van der Waals surface area contributed by atoms with Crippen molar-refractivity contribution in [1.82, 2.24) is 14.5 Å². The smallest absolute Gasteiger partial charge is 0.321 e. The van der Waals surface area contributed by atoms with Crippen molar-refractivity contribution in [2.45, 2.75) is 48.3 Å². The largest absolute Gasteiger partial charge is 0.492 e. The molecule has 45 heavy (non-hydrogen) atoms. The van der Waals surface area contributed by atoms with Crippen LogP contribution in [-0.4, -0.2) is 78.6 Å². The molecular formula is C31H31F3N4O6S. The number of hydrogen-bond donors (Lipinski definition) is 3. The molecule has 10 nitrogen and oxygen atoms in total. The van der Waals surface area contributed by atoms with Gasteiger partial charge in [-0.2, -0.15) is 4.31 Å². The summed E-state index contributed by atoms with van der Waals surface area (Å²) in [6.07, 6.45) is -0.317. The maximum Gasteiger partial charge on any atom is 0.321 e. The molecule has 2 atom stereocenters. The van der Waals surface area contributed by atoms with Crippen LogP contribution in [0.2, 0.25) is 0 Å². The lowest BCUT2D eigenvalue weighted by molar-refractivity contribution is -0.127. The zero-order valence-electron chi connectivity index (χ0n) is 24.0. The summed E-state index contributed by atoms with van der Waals surface area (Å²) in [5, 5.41) is 16.1. The Bertz CT molecular complexity index is 1750. The number of anilines is 1. The van der Waals surface area contributed by atoms with E-state index in [0.29, 0.717) is 18.5 Å². The number of ether oxygens (including phenoxy) is 1. The molecule has 3 aliphatic heterocycles. The number of carbonyl (C=O) groups is 2. The highest BCUT2D eigenvalue weighted by Gasteiger charge is 2.47. The standard InChI is InChI=1S/C31H31F3N4O6S/c32-20-2-1-3-22(15-20)35-30(41)37-11-8-31(9-12-37)10-13-44-27-14-19(24-6-5-21(33)16-25(24)34)4-7-28(27)45(42,43)38-18-23(39)17-26(38)29(40)36-31/h1-7,14-16,23,26,39H,8-13,17-18H2,(H,35,41)(H,36,40)/t23-,26+/m1/s1. The molecule has 14 heteroatoms. The molecule has 3 aliphatic rings. The van der Waals surface area contributed by atoms with Crippen molar-refractivity contribution >= 4 is 27.6 Å². The van der Waals surface area contributed by atoms with Crippen molar-refractivity contribution in [1.29, 1.82) is 0 Å². The van der Waals surface area contributed by atoms with Crippen LogP contribution in [0.4, 0.5) is 23.7 Å². The first-order valence-electron chi connectivity index (χ1n) is 14.5. The fraction of sp³-hybridized carbons (Fsp3) is 0.355. The number of benzene rings is 3. The number of hydrogen-bond acceptors (Lipinski definition) is 6. The Morgan fingerprint density at radius 1 is 1.00 bits per heavy atom. The Morgan fingerprint density at radius 3 is 2.49 bits per heavy atom. The van der Waals surface area contributed by atoms with E-state index in [0.717, 1.165) is 16.4 Å². The second kappa shape index (κ2) is 12.0. The summed E-state index contributed by atoms with van der Waals surface area (Å²) in [5.41, 5.74) is -0.269. The van der Waals surface area contributed by atoms with Crippen LogP contribution in [0.3, 0.4) is 0 Å². The number of rotatable bonds is 2. The third-order valence-corrected chi connectivity index (χ3v) is 10.5. The average molecular weight is 645 g/mol. The first-order chi connectivity index (χ1) is 21.4. The number of aliphatic hydroxyl groups excluding tert-OH is 1. The van der Waals surface area contributed by atoms with Crippen LogP contribution in [0.5, 0.6) is 5.75 Å². The van der Waals surface area contributed by atoms with E-state index in [1.54, 1.807) is 11.0 Å². The van der Waals surface area contributed by atoms with Crippen LogP contribution in [0.1, 0.15) is 25.7 Å². The third-order valence-electron chi connectivity index (χ3n) is 8.62. The SMILES string of the molecule is O=C1NC2(CCOc3cc(-c4ccc(F)cc4F)ccc3S(=O)(=O)N3C[C@H](O)C[C@@H]13)CCN(C(=O)Nc1cccc(F)c1)CC2. The maximum absolute atomic E-state index is 14.6. The minimum atomic E-state index is -4.37. The minimum absolute atomic E-state index is 0.0269. The predicted octanol–water partition coefficient (Wildman–Crippen LogP) is 3.86. The Hall–Kier alpha value is -4.14. The summed E-state index contributed by atoms with van der Waals surface area (Å²) in [7, 11) is -4.37. The van der Waals surface area contributed by atoms with Crippen molar-refractivity contribution in [3.05, 3.63) is 78.1 Å². The fourth-order valence-corrected chi connectivity index (χ4v) is 7.93. The summed E-state index contributed by atoms with van der Waals surface area (Å²) in [6, 6.07) is 11.0. The highest BCUT2D eigenvalue weighted by molar-refractivity contribution is 7.89. The number of halogens is 3. The summed E-state index contributed by atoms with van der Waals surface area (Å²) in [5.74, 6) is -2.73. The van der Waals surface area contributed by atoms with Crippen molar-refractivity contribution in [3.63, 3.8) is 0 Å². The van der Waals surface area contributed by atoms with Gasteiger partial charge in [-0.15, -0.1) is 0 Å². The number of amides is 3. The molecule has 0 saturated carbocycles. The lowest BCUT2D eigenvalue weighted by atomic mass is 9.84. The summed E-state index contributed by atoms with van der Waals surface area (Å²) < 4.78 is 76.6. The average Bonchev–Trinajstić information content (AvgIpc) is 3.40. The third kappa shape index (κ3) is 6.22. The van der Waals surface area contributed by atoms with Crippen LogP contribution in [0, 0.1) is 17.5 Å². The molecule has 0 aromatic heterocycles. The lowest BCUT2D eigenvalue weighted by Crippen LogP contribution is -2.60. The zero-order chi connectivity index (χ0) is 31.9. The van der Waals surface area contributed by atoms with Gasteiger partial charge in [-0.3, -0.25) is 4.79 Å². The number of fused-ring (bicyclic) bond motifs is 2. The Kier molecular flexibility index (Phi) is 8.22. The highest BCUT2D eigenvalue weighted by atomic mass is 32.2. The van der Waals surface area contributed by atoms with Gasteiger partial charge in [-0.25, -0.2) is 26.4 Å². The van der Waals surface area contributed by atoms with E-state index < -0.39 is 57.1 Å². The molecule has 3 heterocycles. The van der Waals surface area contributed by atoms with Gasteiger partial charge in [0.05, 0.1) is 12.7 Å². The molecule has 0 radical (unpaired) electrons. The van der Waals surface area contributed by atoms with Crippen LogP contribution >= 0.6 is 0 Å². The molecule has 0 unspecified atom stereocenters. The van der Waals surface area contributed by atoms with Crippen molar-refractivity contribution in [3.8, 4) is 16.9 Å². The van der Waals surface area contributed by atoms with Gasteiger partial charge < -0.3 is 25.4 Å². The van der Waals surface area contributed by atoms with E-state index >= 15 is 0 Å². The topological polar surface area (TPSA) is 128 Å². The molecule has 0 bridgehead atoms. The fourth-order valence-electron chi connectivity index (χ4n) is 6.18. The van der Waals surface area contributed by atoms with Crippen molar-refractivity contribution in [2.75, 3.05) is 31.6 Å². The number of nitrogens with one attached hydrogen (secondary N) is 2. The number of nitrogens with zero attached hydrogens (tertiary/aromatic N) is 2. The molecule has 6 rings (SSSR count). The van der Waals surface area contributed by atoms with Gasteiger partial charge in [0.2, 0.25) is 15.9 Å². The van der Waals surface area contributed by atoms with Crippen LogP contribution in [0.15, 0.2) is 65.6 Å². The summed E-state index contributed by atoms with van der Waals surface area (Å²) >= 11 is 0. The molecule has 2 saturated heterocycles. The molecular weight excluding hydrogens is 613 g/mol. The van der Waals surface area contributed by atoms with Gasteiger partial charge in [0, 0.05) is 55.3 Å². The molecule has 0 aliphatic carbocycles. The van der Waals surface area contributed by atoms with Gasteiger partial charge in [-0.05, 0) is 60.9 Å². The molecule has 3 N–H and O–H groups in total. The Morgan fingerprint density at radius 2 is 1.76 bits per heavy atom. The number of carbonyl (C=O) groups excluding carboxylic acids is 2. The molecule has 3 aromatic rings. The number of urea groups is 1. The number of aliphatic hydroxyl groups is 1. The summed E-state index contributed by atoms with van der Waals surface area (Å²) in [6.45, 7) is 0.138. The zero-order valence-corrected chi connectivity index (χ0v) is 24.8. The number of likely N-dealkylation sites (tertiary alicyclic amines) is 1. The molecule has 2 fully saturated rings.